The van der Waals surface area contributed by atoms with Gasteiger partial charge in [-0.2, -0.15) is 0 Å². The minimum atomic E-state index is -3.91. The van der Waals surface area contributed by atoms with E-state index in [-0.39, 0.29) is 5.75 Å². The van der Waals surface area contributed by atoms with Crippen molar-refractivity contribution in [3.05, 3.63) is 91.0 Å². The van der Waals surface area contributed by atoms with Gasteiger partial charge in [0, 0.05) is 5.75 Å². The summed E-state index contributed by atoms with van der Waals surface area (Å²) in [5.41, 5.74) is 3.95. The zero-order chi connectivity index (χ0) is 21.2. The molecule has 29 heavy (non-hydrogen) atoms. The Balaban J connectivity index is 0.000000438. The molecule has 0 aliphatic carbocycles. The van der Waals surface area contributed by atoms with Crippen molar-refractivity contribution in [3.63, 3.8) is 0 Å². The molecule has 3 aromatic rings. The second-order valence-electron chi connectivity index (χ2n) is 6.74. The highest BCUT2D eigenvalue weighted by molar-refractivity contribution is 7.85. The van der Waals surface area contributed by atoms with E-state index in [2.05, 4.69) is 97.9 Å². The van der Waals surface area contributed by atoms with Gasteiger partial charge in [0.1, 0.15) is 17.1 Å². The molecule has 0 radical (unpaired) electrons. The molecule has 0 fully saturated rings. The van der Waals surface area contributed by atoms with Crippen molar-refractivity contribution in [2.45, 2.75) is 26.7 Å². The van der Waals surface area contributed by atoms with Gasteiger partial charge in [0.15, 0.2) is 0 Å². The van der Waals surface area contributed by atoms with E-state index in [1.165, 1.54) is 36.8 Å². The second kappa shape index (κ2) is 10.9. The van der Waals surface area contributed by atoms with Crippen LogP contribution in [0.3, 0.4) is 0 Å². The lowest BCUT2D eigenvalue weighted by molar-refractivity contribution is 0.464. The van der Waals surface area contributed by atoms with Crippen molar-refractivity contribution in [3.8, 4) is 0 Å². The topological polar surface area (TPSA) is 57.2 Å². The quantitative estimate of drug-likeness (QED) is 0.353. The molecule has 0 unspecified atom stereocenters. The molecule has 5 heteroatoms. The van der Waals surface area contributed by atoms with Crippen LogP contribution in [0.2, 0.25) is 0 Å². The second-order valence-corrected chi connectivity index (χ2v) is 8.43. The average molecular weight is 412 g/mol. The van der Waals surface area contributed by atoms with Gasteiger partial charge in [-0.05, 0) is 42.8 Å². The standard InChI is InChI=1S/C22H24N.C2H6O3S/c1-2-3-19-23(20-13-7-4-8-14-20,21-15-9-5-10-16-21)22-17-11-6-12-18-22;1-2-6(3,4)5/h4-18H,2-3,19H2,1H3;2H2,1H3,(H,3,4,5)/q+1;/p-1. The van der Waals surface area contributed by atoms with E-state index < -0.39 is 10.1 Å². The van der Waals surface area contributed by atoms with E-state index in [0.717, 1.165) is 11.0 Å². The summed E-state index contributed by atoms with van der Waals surface area (Å²) in [6, 6.07) is 32.6. The van der Waals surface area contributed by atoms with E-state index >= 15 is 0 Å². The lowest BCUT2D eigenvalue weighted by Gasteiger charge is -2.37. The molecular weight excluding hydrogens is 382 g/mol. The van der Waals surface area contributed by atoms with E-state index in [9.17, 15) is 13.0 Å². The molecule has 0 saturated heterocycles. The minimum Gasteiger partial charge on any atom is -0.748 e. The van der Waals surface area contributed by atoms with Crippen molar-refractivity contribution in [2.75, 3.05) is 12.3 Å². The first-order valence-electron chi connectivity index (χ1n) is 9.92. The molecule has 0 saturated carbocycles. The van der Waals surface area contributed by atoms with Crippen molar-refractivity contribution in [1.29, 1.82) is 0 Å². The summed E-state index contributed by atoms with van der Waals surface area (Å²) in [5.74, 6) is -0.312. The number of rotatable bonds is 7. The molecule has 3 aromatic carbocycles. The molecule has 4 nitrogen and oxygen atoms in total. The van der Waals surface area contributed by atoms with E-state index in [1.54, 1.807) is 0 Å². The maximum Gasteiger partial charge on any atom is 0.143 e. The Kier molecular flexibility index (Phi) is 8.58. The number of hydrogen-bond donors (Lipinski definition) is 0. The Bertz CT molecular complexity index is 847. The smallest absolute Gasteiger partial charge is 0.143 e. The maximum absolute atomic E-state index is 9.44. The van der Waals surface area contributed by atoms with Gasteiger partial charge in [0.25, 0.3) is 0 Å². The zero-order valence-corrected chi connectivity index (χ0v) is 17.9. The monoisotopic (exact) mass is 411 g/mol. The summed E-state index contributed by atoms with van der Waals surface area (Å²) in [6.07, 6.45) is 2.37. The molecule has 0 amide bonds. The average Bonchev–Trinajstić information content (AvgIpc) is 2.76. The number of para-hydroxylation sites is 3. The number of benzene rings is 3. The Morgan fingerprint density at radius 3 is 1.24 bits per heavy atom. The van der Waals surface area contributed by atoms with Gasteiger partial charge in [0.05, 0.1) is 16.7 Å². The molecule has 0 N–H and O–H groups in total. The molecule has 0 spiro atoms. The van der Waals surface area contributed by atoms with Crippen LogP contribution in [-0.2, 0) is 10.1 Å². The molecule has 154 valence electrons. The molecule has 0 aliphatic rings. The normalized spacial score (nSPS) is 11.4. The van der Waals surface area contributed by atoms with Crippen LogP contribution in [-0.4, -0.2) is 25.3 Å². The maximum atomic E-state index is 9.44. The third kappa shape index (κ3) is 6.26. The molecule has 0 atom stereocenters. The third-order valence-electron chi connectivity index (χ3n) is 4.79. The summed E-state index contributed by atoms with van der Waals surface area (Å²) < 4.78 is 29.1. The number of nitrogens with zero attached hydrogens (tertiary/aromatic N) is 1. The zero-order valence-electron chi connectivity index (χ0n) is 17.1. The van der Waals surface area contributed by atoms with E-state index in [1.807, 2.05) is 0 Å². The Hall–Kier alpha value is -2.47. The van der Waals surface area contributed by atoms with Crippen LogP contribution in [0.25, 0.3) is 0 Å². The van der Waals surface area contributed by atoms with Crippen LogP contribution in [0, 0.1) is 0 Å². The van der Waals surface area contributed by atoms with E-state index in [0.29, 0.717) is 0 Å². The van der Waals surface area contributed by atoms with Gasteiger partial charge in [-0.1, -0.05) is 74.9 Å². The predicted molar refractivity (Wildman–Crippen MR) is 120 cm³/mol. The first-order chi connectivity index (χ1) is 13.9. The number of hydrogen-bond acceptors (Lipinski definition) is 3. The lowest BCUT2D eigenvalue weighted by Crippen LogP contribution is -2.39. The van der Waals surface area contributed by atoms with Gasteiger partial charge in [-0.3, -0.25) is 0 Å². The first kappa shape index (κ1) is 22.8. The van der Waals surface area contributed by atoms with E-state index in [4.69, 9.17) is 0 Å². The van der Waals surface area contributed by atoms with Gasteiger partial charge in [-0.25, -0.2) is 12.9 Å². The SMILES string of the molecule is CCCC[N+](c1ccccc1)(c1ccccc1)c1ccccc1.CCS(=O)(=O)[O-]. The van der Waals surface area contributed by atoms with Gasteiger partial charge < -0.3 is 4.55 Å². The number of unbranched alkanes of at least 4 members (excludes halogenated alkanes) is 1. The fraction of sp³-hybridized carbons (Fsp3) is 0.250. The lowest BCUT2D eigenvalue weighted by atomic mass is 10.1. The third-order valence-corrected chi connectivity index (χ3v) is 5.50. The van der Waals surface area contributed by atoms with Crippen LogP contribution in [0.1, 0.15) is 26.7 Å². The molecular formula is C24H29NO3S. The van der Waals surface area contributed by atoms with Crippen LogP contribution in [0.15, 0.2) is 91.0 Å². The minimum absolute atomic E-state index is 0.312. The predicted octanol–water partition coefficient (Wildman–Crippen LogP) is 6.01. The van der Waals surface area contributed by atoms with Gasteiger partial charge in [0.2, 0.25) is 0 Å². The van der Waals surface area contributed by atoms with Crippen molar-refractivity contribution in [2.24, 2.45) is 0 Å². The highest BCUT2D eigenvalue weighted by Crippen LogP contribution is 2.43. The molecule has 0 heterocycles. The van der Waals surface area contributed by atoms with Crippen molar-refractivity contribution in [1.82, 2.24) is 4.48 Å². The number of quaternary nitrogens is 1. The molecule has 0 bridgehead atoms. The van der Waals surface area contributed by atoms with Crippen LogP contribution in [0.4, 0.5) is 17.1 Å². The van der Waals surface area contributed by atoms with Gasteiger partial charge >= 0.3 is 0 Å². The molecule has 0 aromatic heterocycles. The van der Waals surface area contributed by atoms with Crippen LogP contribution in [0.5, 0.6) is 0 Å². The highest BCUT2D eigenvalue weighted by Gasteiger charge is 2.35. The van der Waals surface area contributed by atoms with Crippen molar-refractivity contribution >= 4 is 27.2 Å². The summed E-state index contributed by atoms with van der Waals surface area (Å²) in [4.78, 5) is 0. The Labute approximate surface area is 174 Å². The Morgan fingerprint density at radius 1 is 0.690 bits per heavy atom. The van der Waals surface area contributed by atoms with Gasteiger partial charge in [-0.15, -0.1) is 0 Å². The summed E-state index contributed by atoms with van der Waals surface area (Å²) in [6.45, 7) is 4.63. The Morgan fingerprint density at radius 2 is 1.00 bits per heavy atom. The van der Waals surface area contributed by atoms with Crippen LogP contribution >= 0.6 is 0 Å². The summed E-state index contributed by atoms with van der Waals surface area (Å²) in [5, 5.41) is 0. The highest BCUT2D eigenvalue weighted by atomic mass is 32.2. The summed E-state index contributed by atoms with van der Waals surface area (Å²) >= 11 is 0. The molecule has 3 rings (SSSR count). The fourth-order valence-corrected chi connectivity index (χ4v) is 3.28. The van der Waals surface area contributed by atoms with Crippen molar-refractivity contribution < 1.29 is 13.0 Å². The first-order valence-corrected chi connectivity index (χ1v) is 11.5. The largest absolute Gasteiger partial charge is 0.748 e. The summed E-state index contributed by atoms with van der Waals surface area (Å²) in [7, 11) is -3.91. The fourth-order valence-electron chi connectivity index (χ4n) is 3.28. The molecule has 0 aliphatic heterocycles. The van der Waals surface area contributed by atoms with Crippen LogP contribution < -0.4 is 4.48 Å².